The molecule has 0 aromatic heterocycles. The molecule has 1 unspecified atom stereocenters. The summed E-state index contributed by atoms with van der Waals surface area (Å²) in [6, 6.07) is 0. The SMILES string of the molecule is CC/C=C\C/C=C\C/C=C\C/C=C\C/C=C\C/C=C\C/C=C\CCCCCCCCCCCCCC(=O)OCC(COC(=O)CCCCCCCCCCCCCCCCC)OC(=O)CCCCCCCCC/C=C\CCCCCCCC. The normalized spacial score (nSPS) is 12.7. The highest BCUT2D eigenvalue weighted by Gasteiger charge is 2.19. The van der Waals surface area contributed by atoms with Gasteiger partial charge in [-0.05, 0) is 103 Å². The van der Waals surface area contributed by atoms with E-state index in [1.165, 1.54) is 212 Å². The minimum Gasteiger partial charge on any atom is -0.462 e. The van der Waals surface area contributed by atoms with Crippen molar-refractivity contribution >= 4 is 17.9 Å². The van der Waals surface area contributed by atoms with E-state index >= 15 is 0 Å². The zero-order chi connectivity index (χ0) is 59.9. The Morgan fingerprint density at radius 3 is 0.747 bits per heavy atom. The number of esters is 3. The van der Waals surface area contributed by atoms with Crippen molar-refractivity contribution in [1.29, 1.82) is 0 Å². The van der Waals surface area contributed by atoms with Gasteiger partial charge in [0.15, 0.2) is 6.10 Å². The lowest BCUT2D eigenvalue weighted by molar-refractivity contribution is -0.167. The van der Waals surface area contributed by atoms with E-state index in [1.54, 1.807) is 0 Å². The number of allylic oxidation sites excluding steroid dienone is 16. The predicted molar refractivity (Wildman–Crippen MR) is 362 cm³/mol. The average Bonchev–Trinajstić information content (AvgIpc) is 3.49. The summed E-state index contributed by atoms with van der Waals surface area (Å²) in [6.45, 7) is 6.56. The molecule has 0 amide bonds. The van der Waals surface area contributed by atoms with E-state index in [-0.39, 0.29) is 31.1 Å². The molecule has 0 heterocycles. The lowest BCUT2D eigenvalue weighted by atomic mass is 10.0. The van der Waals surface area contributed by atoms with Crippen LogP contribution in [0.3, 0.4) is 0 Å². The van der Waals surface area contributed by atoms with Crippen molar-refractivity contribution < 1.29 is 28.6 Å². The minimum absolute atomic E-state index is 0.0749. The molecule has 0 fully saturated rings. The van der Waals surface area contributed by atoms with E-state index in [4.69, 9.17) is 14.2 Å². The van der Waals surface area contributed by atoms with Gasteiger partial charge in [-0.2, -0.15) is 0 Å². The van der Waals surface area contributed by atoms with Gasteiger partial charge in [0, 0.05) is 19.3 Å². The highest BCUT2D eigenvalue weighted by atomic mass is 16.6. The van der Waals surface area contributed by atoms with Crippen molar-refractivity contribution in [3.05, 3.63) is 97.2 Å². The highest BCUT2D eigenvalue weighted by Crippen LogP contribution is 2.17. The molecule has 0 aliphatic carbocycles. The third-order valence-electron chi connectivity index (χ3n) is 15.6. The molecule has 0 rings (SSSR count). The van der Waals surface area contributed by atoms with Crippen molar-refractivity contribution in [2.45, 2.75) is 361 Å². The smallest absolute Gasteiger partial charge is 0.306 e. The van der Waals surface area contributed by atoms with Crippen LogP contribution in [0.1, 0.15) is 355 Å². The van der Waals surface area contributed by atoms with E-state index in [9.17, 15) is 14.4 Å². The third-order valence-corrected chi connectivity index (χ3v) is 15.6. The molecule has 6 heteroatoms. The molecule has 6 nitrogen and oxygen atoms in total. The van der Waals surface area contributed by atoms with Crippen molar-refractivity contribution in [3.63, 3.8) is 0 Å². The number of hydrogen-bond acceptors (Lipinski definition) is 6. The third kappa shape index (κ3) is 69.0. The Kier molecular flexibility index (Phi) is 67.7. The molecule has 0 aromatic carbocycles. The van der Waals surface area contributed by atoms with Gasteiger partial charge in [-0.25, -0.2) is 0 Å². The lowest BCUT2D eigenvalue weighted by Crippen LogP contribution is -2.30. The summed E-state index contributed by atoms with van der Waals surface area (Å²) in [5.41, 5.74) is 0. The molecule has 0 N–H and O–H groups in total. The number of ether oxygens (including phenoxy) is 3. The Morgan fingerprint density at radius 1 is 0.253 bits per heavy atom. The molecule has 0 radical (unpaired) electrons. The van der Waals surface area contributed by atoms with Gasteiger partial charge >= 0.3 is 17.9 Å². The maximum atomic E-state index is 12.9. The van der Waals surface area contributed by atoms with Gasteiger partial charge in [0.1, 0.15) is 13.2 Å². The van der Waals surface area contributed by atoms with Crippen LogP contribution in [0.2, 0.25) is 0 Å². The molecule has 0 aliphatic rings. The fourth-order valence-electron chi connectivity index (χ4n) is 10.2. The van der Waals surface area contributed by atoms with Crippen LogP contribution in [-0.4, -0.2) is 37.2 Å². The van der Waals surface area contributed by atoms with Crippen LogP contribution in [0, 0.1) is 0 Å². The summed E-state index contributed by atoms with van der Waals surface area (Å²) in [7, 11) is 0. The molecule has 83 heavy (non-hydrogen) atoms. The molecule has 1 atom stereocenters. The highest BCUT2D eigenvalue weighted by molar-refractivity contribution is 5.71. The Balaban J connectivity index is 4.25. The van der Waals surface area contributed by atoms with Crippen LogP contribution in [0.15, 0.2) is 97.2 Å². The van der Waals surface area contributed by atoms with Crippen LogP contribution in [-0.2, 0) is 28.6 Å². The standard InChI is InChI=1S/C77H134O6/c1-4-7-10-13-16-19-22-25-28-30-31-32-33-34-35-36-37-38-39-40-41-42-43-44-45-47-49-52-55-58-61-64-67-70-76(79)82-73-74(72-81-75(78)69-66-63-60-57-54-51-48-27-24-21-18-15-12-9-6-3)83-77(80)71-68-65-62-59-56-53-50-46-29-26-23-20-17-14-11-8-5-2/h7,10,16,19,25-26,28-29,31-32,34-35,37-38,40-41,74H,4-6,8-9,11-15,17-18,20-24,27,30,33,36,39,42-73H2,1-3H3/b10-7-,19-16-,28-25-,29-26-,32-31-,35-34-,38-37-,41-40-. The fourth-order valence-corrected chi connectivity index (χ4v) is 10.2. The molecule has 0 bridgehead atoms. The van der Waals surface area contributed by atoms with E-state index in [0.717, 1.165) is 103 Å². The Hall–Kier alpha value is -3.67. The van der Waals surface area contributed by atoms with Gasteiger partial charge in [0.05, 0.1) is 0 Å². The quantitative estimate of drug-likeness (QED) is 0.0261. The summed E-state index contributed by atoms with van der Waals surface area (Å²) in [4.78, 5) is 38.4. The van der Waals surface area contributed by atoms with E-state index in [0.29, 0.717) is 19.3 Å². The average molecular weight is 1160 g/mol. The van der Waals surface area contributed by atoms with E-state index in [2.05, 4.69) is 118 Å². The zero-order valence-electron chi connectivity index (χ0n) is 54.9. The summed E-state index contributed by atoms with van der Waals surface area (Å²) < 4.78 is 17.0. The second-order valence-electron chi connectivity index (χ2n) is 23.8. The number of hydrogen-bond donors (Lipinski definition) is 0. The van der Waals surface area contributed by atoms with Crippen LogP contribution in [0.4, 0.5) is 0 Å². The molecule has 0 spiro atoms. The lowest BCUT2D eigenvalue weighted by Gasteiger charge is -2.18. The Morgan fingerprint density at radius 2 is 0.470 bits per heavy atom. The number of carbonyl (C=O) groups excluding carboxylic acids is 3. The van der Waals surface area contributed by atoms with Gasteiger partial charge in [-0.3, -0.25) is 14.4 Å². The number of carbonyl (C=O) groups is 3. The summed E-state index contributed by atoms with van der Waals surface area (Å²) in [5.74, 6) is -0.864. The monoisotopic (exact) mass is 1160 g/mol. The van der Waals surface area contributed by atoms with Crippen LogP contribution in [0.25, 0.3) is 0 Å². The fraction of sp³-hybridized carbons (Fsp3) is 0.753. The maximum absolute atomic E-state index is 12.9. The summed E-state index contributed by atoms with van der Waals surface area (Å²) in [5, 5.41) is 0. The molecule has 478 valence electrons. The van der Waals surface area contributed by atoms with Gasteiger partial charge in [0.2, 0.25) is 0 Å². The summed E-state index contributed by atoms with van der Waals surface area (Å²) >= 11 is 0. The van der Waals surface area contributed by atoms with E-state index in [1.807, 2.05) is 0 Å². The predicted octanol–water partition coefficient (Wildman–Crippen LogP) is 24.8. The second kappa shape index (κ2) is 70.8. The maximum Gasteiger partial charge on any atom is 0.306 e. The van der Waals surface area contributed by atoms with Crippen LogP contribution >= 0.6 is 0 Å². The van der Waals surface area contributed by atoms with Gasteiger partial charge in [0.25, 0.3) is 0 Å². The second-order valence-corrected chi connectivity index (χ2v) is 23.8. The largest absolute Gasteiger partial charge is 0.462 e. The topological polar surface area (TPSA) is 78.9 Å². The molecular weight excluding hydrogens is 1020 g/mol. The first kappa shape index (κ1) is 79.3. The van der Waals surface area contributed by atoms with Crippen molar-refractivity contribution in [2.75, 3.05) is 13.2 Å². The Labute approximate surface area is 515 Å². The molecule has 0 saturated carbocycles. The first-order valence-electron chi connectivity index (χ1n) is 35.7. The molecule has 0 aromatic rings. The molecule has 0 aliphatic heterocycles. The van der Waals surface area contributed by atoms with Gasteiger partial charge < -0.3 is 14.2 Å². The first-order chi connectivity index (χ1) is 41.0. The van der Waals surface area contributed by atoms with Crippen molar-refractivity contribution in [1.82, 2.24) is 0 Å². The summed E-state index contributed by atoms with van der Waals surface area (Å²) in [6.07, 6.45) is 95.7. The van der Waals surface area contributed by atoms with Crippen molar-refractivity contribution in [2.24, 2.45) is 0 Å². The van der Waals surface area contributed by atoms with Gasteiger partial charge in [-0.15, -0.1) is 0 Å². The molecule has 0 saturated heterocycles. The van der Waals surface area contributed by atoms with Crippen LogP contribution < -0.4 is 0 Å². The number of unbranched alkanes of at least 4 members (excludes halogenated alkanes) is 38. The minimum atomic E-state index is -0.780. The van der Waals surface area contributed by atoms with E-state index < -0.39 is 6.10 Å². The molecular formula is C77H134O6. The van der Waals surface area contributed by atoms with Crippen LogP contribution in [0.5, 0.6) is 0 Å². The zero-order valence-corrected chi connectivity index (χ0v) is 54.9. The first-order valence-corrected chi connectivity index (χ1v) is 35.7. The van der Waals surface area contributed by atoms with Gasteiger partial charge in [-0.1, -0.05) is 330 Å². The number of rotatable bonds is 65. The van der Waals surface area contributed by atoms with Crippen molar-refractivity contribution in [3.8, 4) is 0 Å². The Bertz CT molecular complexity index is 1610.